The van der Waals surface area contributed by atoms with Crippen LogP contribution in [0.1, 0.15) is 12.0 Å². The monoisotopic (exact) mass is 348 g/mol. The van der Waals surface area contributed by atoms with E-state index in [1.54, 1.807) is 30.3 Å². The summed E-state index contributed by atoms with van der Waals surface area (Å²) in [4.78, 5) is 26.1. The molecule has 118 valence electrons. The molecule has 6 heteroatoms. The molecule has 0 unspecified atom stereocenters. The zero-order chi connectivity index (χ0) is 16.6. The van der Waals surface area contributed by atoms with Crippen LogP contribution in [-0.2, 0) is 9.59 Å². The van der Waals surface area contributed by atoms with Gasteiger partial charge in [-0.15, -0.1) is 0 Å². The highest BCUT2D eigenvalue weighted by Gasteiger charge is 2.40. The molecular formula is C17H14Cl2N2O2. The van der Waals surface area contributed by atoms with Gasteiger partial charge >= 0.3 is 0 Å². The number of nitrogens with one attached hydrogen (secondary N) is 1. The summed E-state index contributed by atoms with van der Waals surface area (Å²) in [6.45, 7) is 1.87. The minimum Gasteiger partial charge on any atom is -0.372 e. The van der Waals surface area contributed by atoms with E-state index in [4.69, 9.17) is 23.2 Å². The van der Waals surface area contributed by atoms with Crippen molar-refractivity contribution in [3.8, 4) is 0 Å². The van der Waals surface area contributed by atoms with Crippen molar-refractivity contribution in [3.05, 3.63) is 58.1 Å². The average Bonchev–Trinajstić information content (AvgIpc) is 2.77. The van der Waals surface area contributed by atoms with E-state index in [0.29, 0.717) is 21.4 Å². The van der Waals surface area contributed by atoms with Crippen molar-refractivity contribution in [2.75, 3.05) is 10.2 Å². The van der Waals surface area contributed by atoms with Crippen molar-refractivity contribution in [3.63, 3.8) is 0 Å². The van der Waals surface area contributed by atoms with Crippen molar-refractivity contribution in [1.29, 1.82) is 0 Å². The molecule has 3 rings (SSSR count). The standard InChI is InChI=1S/C17H14Cl2N2O2/c1-10-4-2-3-5-15(10)21-16(22)9-14(17(21)23)20-13-7-6-11(18)8-12(13)19/h2-8,14,20H,9H2,1H3/t14-/m0/s1. The molecule has 2 aromatic rings. The molecule has 23 heavy (non-hydrogen) atoms. The molecular weight excluding hydrogens is 335 g/mol. The molecule has 1 saturated heterocycles. The quantitative estimate of drug-likeness (QED) is 0.851. The van der Waals surface area contributed by atoms with Crippen LogP contribution in [0.15, 0.2) is 42.5 Å². The number of halogens is 2. The molecule has 0 saturated carbocycles. The lowest BCUT2D eigenvalue weighted by Gasteiger charge is -2.18. The Hall–Kier alpha value is -2.04. The van der Waals surface area contributed by atoms with Gasteiger partial charge in [-0.1, -0.05) is 41.4 Å². The van der Waals surface area contributed by atoms with E-state index in [1.807, 2.05) is 19.1 Å². The molecule has 0 aromatic heterocycles. The van der Waals surface area contributed by atoms with Crippen molar-refractivity contribution < 1.29 is 9.59 Å². The third-order valence-corrected chi connectivity index (χ3v) is 4.31. The van der Waals surface area contributed by atoms with E-state index in [1.165, 1.54) is 4.90 Å². The van der Waals surface area contributed by atoms with Gasteiger partial charge in [0.25, 0.3) is 5.91 Å². The van der Waals surface area contributed by atoms with Crippen LogP contribution in [0.5, 0.6) is 0 Å². The van der Waals surface area contributed by atoms with Crippen molar-refractivity contribution in [1.82, 2.24) is 0 Å². The van der Waals surface area contributed by atoms with Gasteiger partial charge in [-0.05, 0) is 36.8 Å². The zero-order valence-corrected chi connectivity index (χ0v) is 13.9. The molecule has 1 N–H and O–H groups in total. The maximum atomic E-state index is 12.6. The van der Waals surface area contributed by atoms with E-state index in [0.717, 1.165) is 5.56 Å². The Kier molecular flexibility index (Phi) is 4.28. The fourth-order valence-electron chi connectivity index (χ4n) is 2.61. The van der Waals surface area contributed by atoms with Gasteiger partial charge in [0.15, 0.2) is 0 Å². The van der Waals surface area contributed by atoms with Crippen molar-refractivity contribution in [2.24, 2.45) is 0 Å². The summed E-state index contributed by atoms with van der Waals surface area (Å²) in [5, 5.41) is 3.95. The molecule has 2 aromatic carbocycles. The topological polar surface area (TPSA) is 49.4 Å². The first-order chi connectivity index (χ1) is 11.0. The number of hydrogen-bond donors (Lipinski definition) is 1. The summed E-state index contributed by atoms with van der Waals surface area (Å²) in [5.41, 5.74) is 2.07. The second-order valence-corrected chi connectivity index (χ2v) is 6.22. The molecule has 0 spiro atoms. The number of aryl methyl sites for hydroxylation is 1. The molecule has 0 aliphatic carbocycles. The SMILES string of the molecule is Cc1ccccc1N1C(=O)C[C@H](Nc2ccc(Cl)cc2Cl)C1=O. The number of nitrogens with zero attached hydrogens (tertiary/aromatic N) is 1. The number of rotatable bonds is 3. The Labute approximate surface area is 144 Å². The molecule has 0 bridgehead atoms. The Morgan fingerprint density at radius 2 is 1.87 bits per heavy atom. The first kappa shape index (κ1) is 15.8. The fourth-order valence-corrected chi connectivity index (χ4v) is 3.07. The van der Waals surface area contributed by atoms with E-state index in [-0.39, 0.29) is 18.2 Å². The number of carbonyl (C=O) groups excluding carboxylic acids is 2. The molecule has 1 atom stereocenters. The van der Waals surface area contributed by atoms with Gasteiger partial charge in [0, 0.05) is 5.02 Å². The molecule has 1 aliphatic heterocycles. The van der Waals surface area contributed by atoms with Crippen LogP contribution in [0.3, 0.4) is 0 Å². The predicted octanol–water partition coefficient (Wildman–Crippen LogP) is 4.05. The highest BCUT2D eigenvalue weighted by molar-refractivity contribution is 6.36. The summed E-state index contributed by atoms with van der Waals surface area (Å²) in [5.74, 6) is -0.512. The summed E-state index contributed by atoms with van der Waals surface area (Å²) >= 11 is 12.0. The van der Waals surface area contributed by atoms with E-state index >= 15 is 0 Å². The van der Waals surface area contributed by atoms with E-state index in [2.05, 4.69) is 5.32 Å². The minimum absolute atomic E-state index is 0.0894. The van der Waals surface area contributed by atoms with Gasteiger partial charge in [0.05, 0.1) is 22.8 Å². The minimum atomic E-state index is -0.638. The van der Waals surface area contributed by atoms with Crippen LogP contribution < -0.4 is 10.2 Å². The lowest BCUT2D eigenvalue weighted by Crippen LogP contribution is -2.35. The summed E-state index contributed by atoms with van der Waals surface area (Å²) in [6.07, 6.45) is 0.0894. The largest absolute Gasteiger partial charge is 0.372 e. The second-order valence-electron chi connectivity index (χ2n) is 5.38. The van der Waals surface area contributed by atoms with Crippen LogP contribution in [0.25, 0.3) is 0 Å². The number of carbonyl (C=O) groups is 2. The van der Waals surface area contributed by atoms with Gasteiger partial charge in [0.2, 0.25) is 5.91 Å². The van der Waals surface area contributed by atoms with E-state index < -0.39 is 6.04 Å². The summed E-state index contributed by atoms with van der Waals surface area (Å²) in [7, 11) is 0. The smallest absolute Gasteiger partial charge is 0.256 e. The Morgan fingerprint density at radius 1 is 1.13 bits per heavy atom. The van der Waals surface area contributed by atoms with Gasteiger partial charge in [-0.2, -0.15) is 0 Å². The highest BCUT2D eigenvalue weighted by atomic mass is 35.5. The third-order valence-electron chi connectivity index (χ3n) is 3.76. The van der Waals surface area contributed by atoms with Crippen LogP contribution in [0.4, 0.5) is 11.4 Å². The van der Waals surface area contributed by atoms with Gasteiger partial charge in [-0.25, -0.2) is 4.90 Å². The lowest BCUT2D eigenvalue weighted by molar-refractivity contribution is -0.121. The zero-order valence-electron chi connectivity index (χ0n) is 12.3. The van der Waals surface area contributed by atoms with Crippen LogP contribution >= 0.6 is 23.2 Å². The summed E-state index contributed by atoms with van der Waals surface area (Å²) in [6, 6.07) is 11.6. The van der Waals surface area contributed by atoms with Crippen LogP contribution in [0, 0.1) is 6.92 Å². The maximum absolute atomic E-state index is 12.6. The number of benzene rings is 2. The fraction of sp³-hybridized carbons (Fsp3) is 0.176. The molecule has 2 amide bonds. The Morgan fingerprint density at radius 3 is 2.57 bits per heavy atom. The second kappa shape index (κ2) is 6.22. The number of imide groups is 1. The average molecular weight is 349 g/mol. The number of anilines is 2. The van der Waals surface area contributed by atoms with Gasteiger partial charge in [0.1, 0.15) is 6.04 Å². The highest BCUT2D eigenvalue weighted by Crippen LogP contribution is 2.30. The normalized spacial score (nSPS) is 17.7. The van der Waals surface area contributed by atoms with Crippen LogP contribution in [-0.4, -0.2) is 17.9 Å². The predicted molar refractivity (Wildman–Crippen MR) is 92.2 cm³/mol. The first-order valence-electron chi connectivity index (χ1n) is 7.11. The Bertz CT molecular complexity index is 792. The van der Waals surface area contributed by atoms with E-state index in [9.17, 15) is 9.59 Å². The number of amides is 2. The Balaban J connectivity index is 1.85. The maximum Gasteiger partial charge on any atom is 0.256 e. The third kappa shape index (κ3) is 3.05. The first-order valence-corrected chi connectivity index (χ1v) is 7.87. The molecule has 1 heterocycles. The van der Waals surface area contributed by atoms with Gasteiger partial charge < -0.3 is 5.32 Å². The number of hydrogen-bond acceptors (Lipinski definition) is 3. The lowest BCUT2D eigenvalue weighted by atomic mass is 10.2. The summed E-state index contributed by atoms with van der Waals surface area (Å²) < 4.78 is 0. The molecule has 1 aliphatic rings. The molecule has 0 radical (unpaired) electrons. The van der Waals surface area contributed by atoms with Crippen LogP contribution in [0.2, 0.25) is 10.0 Å². The molecule has 4 nitrogen and oxygen atoms in total. The van der Waals surface area contributed by atoms with Crippen molar-refractivity contribution >= 4 is 46.4 Å². The number of para-hydroxylation sites is 1. The van der Waals surface area contributed by atoms with Gasteiger partial charge in [-0.3, -0.25) is 9.59 Å². The van der Waals surface area contributed by atoms with Crippen molar-refractivity contribution in [2.45, 2.75) is 19.4 Å². The molecule has 1 fully saturated rings.